The quantitative estimate of drug-likeness (QED) is 0.418. The predicted molar refractivity (Wildman–Crippen MR) is 119 cm³/mol. The topological polar surface area (TPSA) is 54.9 Å². The summed E-state index contributed by atoms with van der Waals surface area (Å²) in [4.78, 5) is 22.6. The van der Waals surface area contributed by atoms with Gasteiger partial charge in [-0.05, 0) is 31.5 Å². The van der Waals surface area contributed by atoms with Crippen LogP contribution < -0.4 is 5.32 Å². The lowest BCUT2D eigenvalue weighted by Crippen LogP contribution is -2.24. The van der Waals surface area contributed by atoms with Gasteiger partial charge in [0.1, 0.15) is 5.01 Å². The molecule has 2 heterocycles. The number of rotatable bonds is 6. The monoisotopic (exact) mass is 425 g/mol. The summed E-state index contributed by atoms with van der Waals surface area (Å²) >= 11 is 4.75. The molecule has 0 unspecified atom stereocenters. The van der Waals surface area contributed by atoms with Crippen LogP contribution in [0.3, 0.4) is 0 Å². The number of nitrogens with one attached hydrogen (secondary N) is 1. The third-order valence-electron chi connectivity index (χ3n) is 4.32. The second kappa shape index (κ2) is 8.43. The van der Waals surface area contributed by atoms with Crippen molar-refractivity contribution < 1.29 is 4.79 Å². The predicted octanol–water partition coefficient (Wildman–Crippen LogP) is 5.45. The van der Waals surface area contributed by atoms with Gasteiger partial charge < -0.3 is 5.32 Å². The number of hydrogen-bond acceptors (Lipinski definition) is 6. The van der Waals surface area contributed by atoms with Gasteiger partial charge in [0.05, 0.1) is 28.2 Å². The molecule has 142 valence electrons. The molecular formula is C21H19N3OS3. The van der Waals surface area contributed by atoms with E-state index >= 15 is 0 Å². The molecular weight excluding hydrogens is 406 g/mol. The van der Waals surface area contributed by atoms with Crippen LogP contribution in [0, 0.1) is 13.8 Å². The number of benzene rings is 2. The van der Waals surface area contributed by atoms with Crippen LogP contribution in [0.15, 0.2) is 52.9 Å². The van der Waals surface area contributed by atoms with Gasteiger partial charge in [-0.15, -0.1) is 22.7 Å². The fourth-order valence-electron chi connectivity index (χ4n) is 2.79. The van der Waals surface area contributed by atoms with Gasteiger partial charge in [-0.3, -0.25) is 4.79 Å². The second-order valence-electron chi connectivity index (χ2n) is 6.36. The molecule has 2 aromatic carbocycles. The lowest BCUT2D eigenvalue weighted by atomic mass is 10.1. The molecule has 0 bridgehead atoms. The lowest BCUT2D eigenvalue weighted by molar-refractivity contribution is -0.118. The highest BCUT2D eigenvalue weighted by Gasteiger charge is 2.13. The number of carbonyl (C=O) groups excluding carboxylic acids is 1. The zero-order valence-corrected chi connectivity index (χ0v) is 18.0. The molecule has 2 aromatic heterocycles. The summed E-state index contributed by atoms with van der Waals surface area (Å²) in [6.45, 7) is 4.59. The summed E-state index contributed by atoms with van der Waals surface area (Å²) in [7, 11) is 0. The summed E-state index contributed by atoms with van der Waals surface area (Å²) in [5, 5.41) is 4.01. The van der Waals surface area contributed by atoms with Crippen LogP contribution in [0.1, 0.15) is 16.1 Å². The van der Waals surface area contributed by atoms with Crippen LogP contribution >= 0.6 is 34.4 Å². The first-order valence-electron chi connectivity index (χ1n) is 8.87. The summed E-state index contributed by atoms with van der Waals surface area (Å²) < 4.78 is 2.07. The Morgan fingerprint density at radius 3 is 2.64 bits per heavy atom. The van der Waals surface area contributed by atoms with Crippen molar-refractivity contribution in [3.63, 3.8) is 0 Å². The number of hydrogen-bond donors (Lipinski definition) is 1. The zero-order valence-electron chi connectivity index (χ0n) is 15.6. The Hall–Kier alpha value is -2.22. The molecule has 1 amide bonds. The van der Waals surface area contributed by atoms with Gasteiger partial charge in [0.25, 0.3) is 0 Å². The van der Waals surface area contributed by atoms with Gasteiger partial charge in [0.2, 0.25) is 5.91 Å². The number of nitrogens with zero attached hydrogens (tertiary/aromatic N) is 2. The molecule has 0 fully saturated rings. The SMILES string of the molecule is Cc1ccccc1-c1nc(C)c(CNC(=O)CSc2nc3ccccc3s2)s1. The zero-order chi connectivity index (χ0) is 19.5. The van der Waals surface area contributed by atoms with Gasteiger partial charge in [-0.25, -0.2) is 9.97 Å². The molecule has 0 atom stereocenters. The first-order valence-corrected chi connectivity index (χ1v) is 11.5. The summed E-state index contributed by atoms with van der Waals surface area (Å²) in [6, 6.07) is 16.3. The summed E-state index contributed by atoms with van der Waals surface area (Å²) in [5.41, 5.74) is 4.32. The van der Waals surface area contributed by atoms with Crippen molar-refractivity contribution in [1.82, 2.24) is 15.3 Å². The second-order valence-corrected chi connectivity index (χ2v) is 9.69. The number of thiazole rings is 2. The Kier molecular flexibility index (Phi) is 5.75. The number of para-hydroxylation sites is 1. The highest BCUT2D eigenvalue weighted by atomic mass is 32.2. The largest absolute Gasteiger partial charge is 0.350 e. The van der Waals surface area contributed by atoms with E-state index in [1.165, 1.54) is 17.3 Å². The van der Waals surface area contributed by atoms with E-state index in [0.29, 0.717) is 12.3 Å². The number of aromatic nitrogens is 2. The van der Waals surface area contributed by atoms with Crippen molar-refractivity contribution in [3.05, 3.63) is 64.7 Å². The molecule has 0 radical (unpaired) electrons. The molecule has 0 aliphatic rings. The van der Waals surface area contributed by atoms with E-state index in [9.17, 15) is 4.79 Å². The normalized spacial score (nSPS) is 11.1. The fraction of sp³-hybridized carbons (Fsp3) is 0.190. The van der Waals surface area contributed by atoms with Gasteiger partial charge in [0.15, 0.2) is 4.34 Å². The third-order valence-corrected chi connectivity index (χ3v) is 7.69. The van der Waals surface area contributed by atoms with Crippen molar-refractivity contribution in [2.24, 2.45) is 0 Å². The molecule has 4 rings (SSSR count). The molecule has 4 nitrogen and oxygen atoms in total. The first-order chi connectivity index (χ1) is 13.6. The molecule has 0 spiro atoms. The highest BCUT2D eigenvalue weighted by molar-refractivity contribution is 8.01. The highest BCUT2D eigenvalue weighted by Crippen LogP contribution is 2.31. The van der Waals surface area contributed by atoms with E-state index in [-0.39, 0.29) is 5.91 Å². The number of amides is 1. The Labute approximate surface area is 176 Å². The van der Waals surface area contributed by atoms with Crippen LogP contribution in [0.2, 0.25) is 0 Å². The lowest BCUT2D eigenvalue weighted by Gasteiger charge is -2.03. The Morgan fingerprint density at radius 2 is 1.82 bits per heavy atom. The molecule has 0 saturated carbocycles. The number of aryl methyl sites for hydroxylation is 2. The minimum absolute atomic E-state index is 0.00879. The van der Waals surface area contributed by atoms with Crippen molar-refractivity contribution in [2.45, 2.75) is 24.7 Å². The van der Waals surface area contributed by atoms with Crippen LogP contribution in [0.5, 0.6) is 0 Å². The standard InChI is InChI=1S/C21H19N3OS3/c1-13-7-3-4-8-15(13)20-23-14(2)18(27-20)11-22-19(25)12-26-21-24-16-9-5-6-10-17(16)28-21/h3-10H,11-12H2,1-2H3,(H,22,25). The van der Waals surface area contributed by atoms with Crippen LogP contribution in [0.25, 0.3) is 20.8 Å². The van der Waals surface area contributed by atoms with Gasteiger partial charge >= 0.3 is 0 Å². The molecule has 28 heavy (non-hydrogen) atoms. The Morgan fingerprint density at radius 1 is 1.04 bits per heavy atom. The number of fused-ring (bicyclic) bond motifs is 1. The summed E-state index contributed by atoms with van der Waals surface area (Å²) in [6.07, 6.45) is 0. The number of thioether (sulfide) groups is 1. The van der Waals surface area contributed by atoms with Gasteiger partial charge in [0, 0.05) is 10.4 Å². The average Bonchev–Trinajstić information content (AvgIpc) is 3.28. The van der Waals surface area contributed by atoms with E-state index in [4.69, 9.17) is 4.98 Å². The minimum atomic E-state index is 0.00879. The van der Waals surface area contributed by atoms with Crippen molar-refractivity contribution in [2.75, 3.05) is 5.75 Å². The van der Waals surface area contributed by atoms with Crippen LogP contribution in [0.4, 0.5) is 0 Å². The van der Waals surface area contributed by atoms with E-state index in [0.717, 1.165) is 35.7 Å². The number of carbonyl (C=O) groups is 1. The summed E-state index contributed by atoms with van der Waals surface area (Å²) in [5.74, 6) is 0.372. The molecule has 0 saturated heterocycles. The third kappa shape index (κ3) is 4.27. The molecule has 0 aliphatic carbocycles. The van der Waals surface area contributed by atoms with Crippen molar-refractivity contribution >= 4 is 50.6 Å². The first kappa shape index (κ1) is 19.1. The van der Waals surface area contributed by atoms with Crippen LogP contribution in [-0.2, 0) is 11.3 Å². The maximum atomic E-state index is 12.3. The average molecular weight is 426 g/mol. The van der Waals surface area contributed by atoms with Crippen molar-refractivity contribution in [3.8, 4) is 10.6 Å². The Bertz CT molecular complexity index is 1100. The van der Waals surface area contributed by atoms with E-state index in [1.807, 2.05) is 37.3 Å². The smallest absolute Gasteiger partial charge is 0.230 e. The van der Waals surface area contributed by atoms with E-state index < -0.39 is 0 Å². The molecule has 7 heteroatoms. The molecule has 0 aliphatic heterocycles. The maximum Gasteiger partial charge on any atom is 0.230 e. The van der Waals surface area contributed by atoms with E-state index in [1.54, 1.807) is 22.7 Å². The molecule has 4 aromatic rings. The van der Waals surface area contributed by atoms with Gasteiger partial charge in [-0.2, -0.15) is 0 Å². The van der Waals surface area contributed by atoms with E-state index in [2.05, 4.69) is 35.4 Å². The van der Waals surface area contributed by atoms with Crippen LogP contribution in [-0.4, -0.2) is 21.6 Å². The minimum Gasteiger partial charge on any atom is -0.350 e. The van der Waals surface area contributed by atoms with Gasteiger partial charge in [-0.1, -0.05) is 48.2 Å². The maximum absolute atomic E-state index is 12.3. The fourth-order valence-corrected chi connectivity index (χ4v) is 5.78. The molecule has 1 N–H and O–H groups in total. The van der Waals surface area contributed by atoms with Crippen molar-refractivity contribution in [1.29, 1.82) is 0 Å². The Balaban J connectivity index is 1.35.